The Hall–Kier alpha value is -4.44. The molecule has 10 nitrogen and oxygen atoms in total. The van der Waals surface area contributed by atoms with Crippen molar-refractivity contribution in [3.8, 4) is 5.75 Å². The zero-order valence-corrected chi connectivity index (χ0v) is 23.7. The number of carbonyl (C=O) groups excluding carboxylic acids is 4. The van der Waals surface area contributed by atoms with Crippen LogP contribution < -0.4 is 20.7 Å². The molecule has 3 N–H and O–H groups in total. The van der Waals surface area contributed by atoms with Gasteiger partial charge in [-0.25, -0.2) is 4.79 Å². The van der Waals surface area contributed by atoms with Crippen molar-refractivity contribution in [1.29, 1.82) is 0 Å². The van der Waals surface area contributed by atoms with Gasteiger partial charge in [-0.1, -0.05) is 54.6 Å². The summed E-state index contributed by atoms with van der Waals surface area (Å²) >= 11 is 0. The summed E-state index contributed by atoms with van der Waals surface area (Å²) < 4.78 is 16.6. The highest BCUT2D eigenvalue weighted by molar-refractivity contribution is 6.01. The molecule has 0 unspecified atom stereocenters. The number of esters is 1. The highest BCUT2D eigenvalue weighted by Gasteiger charge is 2.32. The van der Waals surface area contributed by atoms with E-state index in [0.29, 0.717) is 12.4 Å². The largest absolute Gasteiger partial charge is 0.493 e. The summed E-state index contributed by atoms with van der Waals surface area (Å²) in [5, 5.41) is 8.08. The van der Waals surface area contributed by atoms with Crippen molar-refractivity contribution in [3.05, 3.63) is 91.0 Å². The number of carbonyl (C=O) groups is 4. The SMILES string of the molecule is C=CCCCOc1ccccc1C(=O)N[C@@H](CC(=O)NC1CC1)C(=O)N[C@@H](COCC=C)C(=O)OCc1ccccc1. The summed E-state index contributed by atoms with van der Waals surface area (Å²) in [6, 6.07) is 13.3. The number of ether oxygens (including phenoxy) is 3. The molecule has 10 heteroatoms. The Morgan fingerprint density at radius 3 is 2.38 bits per heavy atom. The first kappa shape index (κ1) is 32.1. The molecule has 1 aliphatic rings. The van der Waals surface area contributed by atoms with Gasteiger partial charge in [0.15, 0.2) is 6.04 Å². The number of hydrogen-bond donors (Lipinski definition) is 3. The lowest BCUT2D eigenvalue weighted by molar-refractivity contribution is -0.151. The van der Waals surface area contributed by atoms with Crippen molar-refractivity contribution in [3.63, 3.8) is 0 Å². The lowest BCUT2D eigenvalue weighted by Gasteiger charge is -2.23. The Labute approximate surface area is 246 Å². The van der Waals surface area contributed by atoms with Crippen LogP contribution in [0.25, 0.3) is 0 Å². The summed E-state index contributed by atoms with van der Waals surface area (Å²) in [4.78, 5) is 52.4. The van der Waals surface area contributed by atoms with Crippen LogP contribution in [-0.4, -0.2) is 61.6 Å². The van der Waals surface area contributed by atoms with E-state index in [0.717, 1.165) is 31.2 Å². The highest BCUT2D eigenvalue weighted by Crippen LogP contribution is 2.20. The first-order valence-electron chi connectivity index (χ1n) is 14.0. The van der Waals surface area contributed by atoms with Crippen molar-refractivity contribution < 1.29 is 33.4 Å². The third-order valence-corrected chi connectivity index (χ3v) is 6.24. The van der Waals surface area contributed by atoms with Crippen LogP contribution >= 0.6 is 0 Å². The minimum atomic E-state index is -1.28. The molecule has 2 aromatic carbocycles. The molecule has 0 spiro atoms. The number of para-hydroxylation sites is 1. The van der Waals surface area contributed by atoms with E-state index in [9.17, 15) is 19.2 Å². The predicted molar refractivity (Wildman–Crippen MR) is 158 cm³/mol. The number of hydrogen-bond acceptors (Lipinski definition) is 7. The van der Waals surface area contributed by atoms with E-state index < -0.39 is 35.8 Å². The summed E-state index contributed by atoms with van der Waals surface area (Å²) in [5.74, 6) is -2.09. The van der Waals surface area contributed by atoms with E-state index in [1.807, 2.05) is 18.2 Å². The molecular formula is C32H39N3O7. The van der Waals surface area contributed by atoms with Crippen LogP contribution in [0.3, 0.4) is 0 Å². The van der Waals surface area contributed by atoms with Gasteiger partial charge < -0.3 is 30.2 Å². The van der Waals surface area contributed by atoms with Gasteiger partial charge in [-0.05, 0) is 43.4 Å². The molecule has 0 radical (unpaired) electrons. The predicted octanol–water partition coefficient (Wildman–Crippen LogP) is 3.23. The Kier molecular flexibility index (Phi) is 13.3. The molecule has 1 fully saturated rings. The van der Waals surface area contributed by atoms with Gasteiger partial charge >= 0.3 is 5.97 Å². The lowest BCUT2D eigenvalue weighted by atomic mass is 10.1. The molecule has 0 aromatic heterocycles. The fraction of sp³-hybridized carbons (Fsp3) is 0.375. The van der Waals surface area contributed by atoms with E-state index >= 15 is 0 Å². The van der Waals surface area contributed by atoms with Crippen molar-refractivity contribution in [2.75, 3.05) is 19.8 Å². The van der Waals surface area contributed by atoms with Crippen LogP contribution in [0.4, 0.5) is 0 Å². The quantitative estimate of drug-likeness (QED) is 0.133. The topological polar surface area (TPSA) is 132 Å². The molecule has 2 atom stereocenters. The molecule has 3 amide bonds. The number of allylic oxidation sites excluding steroid dienone is 1. The van der Waals surface area contributed by atoms with Gasteiger partial charge in [0.2, 0.25) is 11.8 Å². The Morgan fingerprint density at radius 1 is 0.929 bits per heavy atom. The van der Waals surface area contributed by atoms with E-state index in [1.54, 1.807) is 42.5 Å². The summed E-state index contributed by atoms with van der Waals surface area (Å²) in [7, 11) is 0. The summed E-state index contributed by atoms with van der Waals surface area (Å²) in [6.45, 7) is 7.61. The second-order valence-electron chi connectivity index (χ2n) is 9.83. The Morgan fingerprint density at radius 2 is 1.67 bits per heavy atom. The smallest absolute Gasteiger partial charge is 0.331 e. The average Bonchev–Trinajstić information content (AvgIpc) is 3.81. The molecule has 224 valence electrons. The third-order valence-electron chi connectivity index (χ3n) is 6.24. The molecule has 0 bridgehead atoms. The van der Waals surface area contributed by atoms with Gasteiger partial charge in [0.25, 0.3) is 5.91 Å². The molecule has 42 heavy (non-hydrogen) atoms. The molecule has 2 aromatic rings. The van der Waals surface area contributed by atoms with Crippen molar-refractivity contribution in [1.82, 2.24) is 16.0 Å². The average molecular weight is 578 g/mol. The van der Waals surface area contributed by atoms with Gasteiger partial charge in [0.05, 0.1) is 31.8 Å². The van der Waals surface area contributed by atoms with Crippen LogP contribution in [0.2, 0.25) is 0 Å². The second-order valence-corrected chi connectivity index (χ2v) is 9.83. The Balaban J connectivity index is 1.72. The van der Waals surface area contributed by atoms with Gasteiger partial charge in [0, 0.05) is 6.04 Å². The minimum Gasteiger partial charge on any atom is -0.493 e. The molecule has 0 heterocycles. The number of unbranched alkanes of at least 4 members (excludes halogenated alkanes) is 1. The van der Waals surface area contributed by atoms with Crippen LogP contribution in [0.15, 0.2) is 79.9 Å². The number of benzene rings is 2. The maximum absolute atomic E-state index is 13.5. The monoisotopic (exact) mass is 577 g/mol. The highest BCUT2D eigenvalue weighted by atomic mass is 16.5. The Bertz CT molecular complexity index is 1210. The fourth-order valence-electron chi connectivity index (χ4n) is 3.87. The lowest BCUT2D eigenvalue weighted by Crippen LogP contribution is -2.54. The first-order valence-corrected chi connectivity index (χ1v) is 14.0. The standard InChI is InChI=1S/C32H39N3O7/c1-3-5-11-19-41-28-15-10-9-14-25(28)30(37)34-26(20-29(36)33-24-16-17-24)31(38)35-27(22-40-18-4-2)32(39)42-21-23-12-7-6-8-13-23/h3-4,6-10,12-15,24,26-27H,1-2,5,11,16-22H2,(H,33,36)(H,34,37)(H,35,38)/t26-,27-/m0/s1. The maximum Gasteiger partial charge on any atom is 0.331 e. The minimum absolute atomic E-state index is 0.00104. The van der Waals surface area contributed by atoms with Crippen LogP contribution in [0.5, 0.6) is 5.75 Å². The number of rotatable bonds is 19. The number of amides is 3. The third kappa shape index (κ3) is 11.2. The van der Waals surface area contributed by atoms with Crippen LogP contribution in [0, 0.1) is 0 Å². The second kappa shape index (κ2) is 17.4. The van der Waals surface area contributed by atoms with Crippen molar-refractivity contribution in [2.45, 2.75) is 56.8 Å². The summed E-state index contributed by atoms with van der Waals surface area (Å²) in [5.41, 5.74) is 0.986. The number of nitrogens with one attached hydrogen (secondary N) is 3. The van der Waals surface area contributed by atoms with Gasteiger partial charge in [-0.2, -0.15) is 0 Å². The van der Waals surface area contributed by atoms with E-state index in [2.05, 4.69) is 29.1 Å². The van der Waals surface area contributed by atoms with Gasteiger partial charge in [-0.3, -0.25) is 14.4 Å². The molecule has 1 saturated carbocycles. The molecule has 1 aliphatic carbocycles. The van der Waals surface area contributed by atoms with Gasteiger partial charge in [0.1, 0.15) is 18.4 Å². The first-order chi connectivity index (χ1) is 20.4. The van der Waals surface area contributed by atoms with E-state index in [1.165, 1.54) is 6.08 Å². The molecular weight excluding hydrogens is 538 g/mol. The van der Waals surface area contributed by atoms with Crippen molar-refractivity contribution in [2.24, 2.45) is 0 Å². The van der Waals surface area contributed by atoms with Crippen molar-refractivity contribution >= 4 is 23.7 Å². The summed E-state index contributed by atoms with van der Waals surface area (Å²) in [6.07, 6.45) is 6.18. The normalized spacial score (nSPS) is 13.6. The fourth-order valence-corrected chi connectivity index (χ4v) is 3.87. The molecule has 3 rings (SSSR count). The van der Waals surface area contributed by atoms with Crippen LogP contribution in [0.1, 0.15) is 48.0 Å². The van der Waals surface area contributed by atoms with Gasteiger partial charge in [-0.15, -0.1) is 13.2 Å². The van der Waals surface area contributed by atoms with E-state index in [4.69, 9.17) is 14.2 Å². The zero-order valence-electron chi connectivity index (χ0n) is 23.7. The van der Waals surface area contributed by atoms with Crippen LogP contribution in [-0.2, 0) is 30.5 Å². The zero-order chi connectivity index (χ0) is 30.2. The van der Waals surface area contributed by atoms with E-state index in [-0.39, 0.29) is 37.8 Å². The maximum atomic E-state index is 13.5. The molecule has 0 aliphatic heterocycles. The molecule has 0 saturated heterocycles.